The minimum absolute atomic E-state index is 0.570. The van der Waals surface area contributed by atoms with Crippen molar-refractivity contribution in [2.24, 2.45) is 0 Å². The van der Waals surface area contributed by atoms with Gasteiger partial charge in [-0.3, -0.25) is 0 Å². The summed E-state index contributed by atoms with van der Waals surface area (Å²) in [6.45, 7) is 0. The molecule has 0 unspecified atom stereocenters. The minimum atomic E-state index is 0.570. The van der Waals surface area contributed by atoms with E-state index in [0.717, 1.165) is 0 Å². The van der Waals surface area contributed by atoms with Crippen molar-refractivity contribution < 1.29 is 28.4 Å². The normalized spacial score (nSPS) is 10.6. The van der Waals surface area contributed by atoms with Crippen LogP contribution in [0.4, 0.5) is 11.4 Å². The van der Waals surface area contributed by atoms with Gasteiger partial charge in [0.2, 0.25) is 0 Å². The molecule has 0 saturated carbocycles. The van der Waals surface area contributed by atoms with E-state index in [1.54, 1.807) is 24.3 Å². The Morgan fingerprint density at radius 3 is 0.860 bits per heavy atom. The zero-order chi connectivity index (χ0) is 34.1. The summed E-state index contributed by atoms with van der Waals surface area (Å²) in [4.78, 5) is 0. The Hall–Kier alpha value is -7.06. The van der Waals surface area contributed by atoms with Crippen LogP contribution in [0, 0.1) is 0 Å². The minimum Gasteiger partial charge on any atom is -0.457 e. The second-order valence-corrected chi connectivity index (χ2v) is 11.1. The van der Waals surface area contributed by atoms with Crippen LogP contribution in [0.1, 0.15) is 0 Å². The molecule has 0 aliphatic carbocycles. The quantitative estimate of drug-likeness (QED) is 0.125. The van der Waals surface area contributed by atoms with Gasteiger partial charge in [-0.15, -0.1) is 0 Å². The fraction of sp³-hybridized carbons (Fsp3) is 0. The van der Waals surface area contributed by atoms with E-state index in [9.17, 15) is 0 Å². The lowest BCUT2D eigenvalue weighted by Gasteiger charge is -2.13. The second-order valence-electron chi connectivity index (χ2n) is 11.1. The Bertz CT molecular complexity index is 2050. The predicted molar refractivity (Wildman–Crippen MR) is 194 cm³/mol. The summed E-state index contributed by atoms with van der Waals surface area (Å²) < 4.78 is 36.5. The zero-order valence-corrected chi connectivity index (χ0v) is 26.8. The molecule has 4 N–H and O–H groups in total. The fourth-order valence-electron chi connectivity index (χ4n) is 4.93. The van der Waals surface area contributed by atoms with E-state index in [1.807, 2.05) is 146 Å². The van der Waals surface area contributed by atoms with Gasteiger partial charge in [-0.2, -0.15) is 0 Å². The molecule has 0 spiro atoms. The van der Waals surface area contributed by atoms with Gasteiger partial charge >= 0.3 is 0 Å². The lowest BCUT2D eigenvalue weighted by atomic mass is 10.2. The summed E-state index contributed by atoms with van der Waals surface area (Å²) in [5.41, 5.74) is 13.0. The second kappa shape index (κ2) is 14.8. The topological polar surface area (TPSA) is 107 Å². The smallest absolute Gasteiger partial charge is 0.169 e. The molecule has 0 heterocycles. The molecule has 0 aliphatic rings. The Balaban J connectivity index is 0.958. The summed E-state index contributed by atoms with van der Waals surface area (Å²) in [5.74, 6) is 7.31. The highest BCUT2D eigenvalue weighted by atomic mass is 16.5. The Kier molecular flexibility index (Phi) is 9.33. The first-order valence-corrected chi connectivity index (χ1v) is 15.8. The molecule has 0 aromatic heterocycles. The number of ether oxygens (including phenoxy) is 6. The SMILES string of the molecule is Nc1cccc(Oc2ccccc2Oc2ccc(Oc3cccc(Oc4ccc(Oc5ccccc5Oc5cccc(N)c5)cc4)c3)cc2)c1. The monoisotopic (exact) mass is 660 g/mol. The summed E-state index contributed by atoms with van der Waals surface area (Å²) in [7, 11) is 0. The van der Waals surface area contributed by atoms with Gasteiger partial charge in [0.25, 0.3) is 0 Å². The van der Waals surface area contributed by atoms with Gasteiger partial charge in [0, 0.05) is 29.6 Å². The van der Waals surface area contributed by atoms with Gasteiger partial charge < -0.3 is 39.9 Å². The summed E-state index contributed by atoms with van der Waals surface area (Å²) in [5, 5.41) is 0. The highest BCUT2D eigenvalue weighted by Gasteiger charge is 2.10. The fourth-order valence-corrected chi connectivity index (χ4v) is 4.93. The Morgan fingerprint density at radius 1 is 0.240 bits per heavy atom. The van der Waals surface area contributed by atoms with E-state index in [1.165, 1.54) is 0 Å². The third-order valence-electron chi connectivity index (χ3n) is 7.25. The van der Waals surface area contributed by atoms with Gasteiger partial charge in [-0.25, -0.2) is 0 Å². The van der Waals surface area contributed by atoms with Crippen molar-refractivity contribution in [1.29, 1.82) is 0 Å². The molecule has 0 bridgehead atoms. The number of nitrogen functional groups attached to an aromatic ring is 2. The van der Waals surface area contributed by atoms with E-state index in [-0.39, 0.29) is 0 Å². The molecule has 7 rings (SSSR count). The van der Waals surface area contributed by atoms with Crippen molar-refractivity contribution in [1.82, 2.24) is 0 Å². The van der Waals surface area contributed by atoms with E-state index >= 15 is 0 Å². The summed E-state index contributed by atoms with van der Waals surface area (Å²) in [6, 6.07) is 51.5. The first-order chi connectivity index (χ1) is 24.5. The molecule has 0 amide bonds. The van der Waals surface area contributed by atoms with Crippen LogP contribution < -0.4 is 39.9 Å². The predicted octanol–water partition coefficient (Wildman–Crippen LogP) is 11.6. The number of nitrogens with two attached hydrogens (primary N) is 2. The molecule has 7 aromatic carbocycles. The van der Waals surface area contributed by atoms with Crippen LogP contribution in [-0.4, -0.2) is 0 Å². The molecule has 246 valence electrons. The van der Waals surface area contributed by atoms with Crippen LogP contribution in [0.3, 0.4) is 0 Å². The molecule has 0 fully saturated rings. The van der Waals surface area contributed by atoms with Crippen LogP contribution in [-0.2, 0) is 0 Å². The number of anilines is 2. The molecule has 0 aliphatic heterocycles. The lowest BCUT2D eigenvalue weighted by Crippen LogP contribution is -1.92. The highest BCUT2D eigenvalue weighted by Crippen LogP contribution is 2.38. The first-order valence-electron chi connectivity index (χ1n) is 15.8. The average molecular weight is 661 g/mol. The van der Waals surface area contributed by atoms with E-state index < -0.39 is 0 Å². The van der Waals surface area contributed by atoms with Crippen LogP contribution in [0.2, 0.25) is 0 Å². The van der Waals surface area contributed by atoms with Gasteiger partial charge in [0.05, 0.1) is 0 Å². The van der Waals surface area contributed by atoms with Gasteiger partial charge in [0.1, 0.15) is 46.0 Å². The van der Waals surface area contributed by atoms with Crippen LogP contribution in [0.15, 0.2) is 170 Å². The van der Waals surface area contributed by atoms with Crippen molar-refractivity contribution in [2.75, 3.05) is 11.5 Å². The number of benzene rings is 7. The number of rotatable bonds is 12. The molecule has 0 saturated heterocycles. The van der Waals surface area contributed by atoms with Crippen molar-refractivity contribution in [2.45, 2.75) is 0 Å². The molecule has 0 radical (unpaired) electrons. The third kappa shape index (κ3) is 8.26. The first kappa shape index (κ1) is 31.5. The molecule has 7 aromatic rings. The molecule has 8 heteroatoms. The maximum absolute atomic E-state index is 6.13. The third-order valence-corrected chi connectivity index (χ3v) is 7.25. The summed E-state index contributed by atoms with van der Waals surface area (Å²) in [6.07, 6.45) is 0. The lowest BCUT2D eigenvalue weighted by molar-refractivity contribution is 0.417. The van der Waals surface area contributed by atoms with Gasteiger partial charge in [-0.1, -0.05) is 42.5 Å². The summed E-state index contributed by atoms with van der Waals surface area (Å²) >= 11 is 0. The van der Waals surface area contributed by atoms with E-state index in [4.69, 9.17) is 39.9 Å². The number of hydrogen-bond donors (Lipinski definition) is 2. The maximum atomic E-state index is 6.13. The van der Waals surface area contributed by atoms with Gasteiger partial charge in [0.15, 0.2) is 23.0 Å². The van der Waals surface area contributed by atoms with Crippen LogP contribution in [0.5, 0.6) is 69.0 Å². The van der Waals surface area contributed by atoms with Crippen molar-refractivity contribution in [3.63, 3.8) is 0 Å². The molecular weight excluding hydrogens is 628 g/mol. The molecule has 0 atom stereocenters. The number of para-hydroxylation sites is 4. The molecular formula is C42H32N2O6. The van der Waals surface area contributed by atoms with E-state index in [2.05, 4.69) is 0 Å². The van der Waals surface area contributed by atoms with Crippen LogP contribution in [0.25, 0.3) is 0 Å². The van der Waals surface area contributed by atoms with E-state index in [0.29, 0.717) is 80.4 Å². The highest BCUT2D eigenvalue weighted by molar-refractivity contribution is 5.51. The van der Waals surface area contributed by atoms with Crippen molar-refractivity contribution >= 4 is 11.4 Å². The maximum Gasteiger partial charge on any atom is 0.169 e. The average Bonchev–Trinajstić information content (AvgIpc) is 3.12. The Morgan fingerprint density at radius 2 is 0.520 bits per heavy atom. The van der Waals surface area contributed by atoms with Crippen molar-refractivity contribution in [3.8, 4) is 69.0 Å². The molecule has 50 heavy (non-hydrogen) atoms. The van der Waals surface area contributed by atoms with Gasteiger partial charge in [-0.05, 0) is 109 Å². The molecule has 8 nitrogen and oxygen atoms in total. The van der Waals surface area contributed by atoms with Crippen molar-refractivity contribution in [3.05, 3.63) is 170 Å². The Labute approximate surface area is 289 Å². The standard InChI is InChI=1S/C42H32N2O6/c43-29-8-5-10-35(26-29)49-41-16-3-1-14-39(41)47-33-22-18-31(19-23-33)45-37-12-7-13-38(28-37)46-32-20-24-34(25-21-32)48-40-15-2-4-17-42(40)50-36-11-6-9-30(44)27-36/h1-28H,43-44H2. The van der Waals surface area contributed by atoms with Crippen LogP contribution >= 0.6 is 0 Å². The number of hydrogen-bond acceptors (Lipinski definition) is 8. The zero-order valence-electron chi connectivity index (χ0n) is 26.8. The largest absolute Gasteiger partial charge is 0.457 e.